The third-order valence-corrected chi connectivity index (χ3v) is 15.3. The van der Waals surface area contributed by atoms with E-state index in [0.717, 1.165) is 25.7 Å². The van der Waals surface area contributed by atoms with Crippen molar-refractivity contribution >= 4 is 26.2 Å². The molecule has 1 saturated heterocycles. The minimum absolute atomic E-state index is 0.0222. The zero-order valence-electron chi connectivity index (χ0n) is 28.3. The van der Waals surface area contributed by atoms with Crippen LogP contribution < -0.4 is 0 Å². The van der Waals surface area contributed by atoms with Crippen molar-refractivity contribution in [3.8, 4) is 0 Å². The number of hydrogen-bond acceptors (Lipinski definition) is 6. The molecule has 1 aliphatic carbocycles. The number of rotatable bonds is 12. The van der Waals surface area contributed by atoms with E-state index in [9.17, 15) is 14.4 Å². The molecule has 0 spiro atoms. The lowest BCUT2D eigenvalue weighted by molar-refractivity contribution is -0.163. The first-order valence-electron chi connectivity index (χ1n) is 16.2. The zero-order valence-corrected chi connectivity index (χ0v) is 29.3. The Balaban J connectivity index is 2.28. The highest BCUT2D eigenvalue weighted by molar-refractivity contribution is 6.77. The van der Waals surface area contributed by atoms with Crippen molar-refractivity contribution in [3.63, 3.8) is 0 Å². The SMILES string of the molecule is CC(=O)CC/C=C/C=C/[C@@H]1CCC[C@@H]2[C@H]1C[C@H](OC(=O)CO[Si](C(C)C)(C(C)C)C(C)C)[C@H](C)N2C(=O)OC(C)(C)C. The molecule has 0 aromatic carbocycles. The molecule has 42 heavy (non-hydrogen) atoms. The second kappa shape index (κ2) is 15.7. The molecule has 1 saturated carbocycles. The van der Waals surface area contributed by atoms with Crippen LogP contribution in [0.3, 0.4) is 0 Å². The van der Waals surface area contributed by atoms with Crippen LogP contribution in [-0.4, -0.2) is 61.5 Å². The molecule has 0 radical (unpaired) electrons. The number of hydrogen-bond donors (Lipinski definition) is 0. The van der Waals surface area contributed by atoms with Crippen LogP contribution in [0.25, 0.3) is 0 Å². The summed E-state index contributed by atoms with van der Waals surface area (Å²) in [5.41, 5.74) is 0.483. The van der Waals surface area contributed by atoms with E-state index in [0.29, 0.717) is 29.5 Å². The molecule has 1 aliphatic heterocycles. The Morgan fingerprint density at radius 1 is 0.976 bits per heavy atom. The first-order valence-corrected chi connectivity index (χ1v) is 18.3. The van der Waals surface area contributed by atoms with Gasteiger partial charge in [-0.1, -0.05) is 72.3 Å². The fraction of sp³-hybridized carbons (Fsp3) is 0.794. The fourth-order valence-electron chi connectivity index (χ4n) is 7.46. The molecule has 2 fully saturated rings. The highest BCUT2D eigenvalue weighted by Crippen LogP contribution is 2.44. The summed E-state index contributed by atoms with van der Waals surface area (Å²) in [6.45, 7) is 22.4. The molecular formula is C34H59NO6Si. The number of allylic oxidation sites excluding steroid dienone is 4. The van der Waals surface area contributed by atoms with E-state index in [4.69, 9.17) is 13.9 Å². The van der Waals surface area contributed by atoms with Crippen LogP contribution in [0.2, 0.25) is 16.6 Å². The number of piperidine rings is 1. The maximum atomic E-state index is 13.6. The molecule has 0 unspecified atom stereocenters. The van der Waals surface area contributed by atoms with Gasteiger partial charge in [-0.2, -0.15) is 0 Å². The van der Waals surface area contributed by atoms with Gasteiger partial charge in [-0.15, -0.1) is 0 Å². The molecule has 1 heterocycles. The van der Waals surface area contributed by atoms with Gasteiger partial charge in [0.1, 0.15) is 24.1 Å². The number of esters is 1. The van der Waals surface area contributed by atoms with E-state index in [1.54, 1.807) is 6.92 Å². The van der Waals surface area contributed by atoms with Crippen molar-refractivity contribution in [1.29, 1.82) is 0 Å². The summed E-state index contributed by atoms with van der Waals surface area (Å²) in [6, 6.07) is -0.282. The van der Waals surface area contributed by atoms with E-state index < -0.39 is 20.0 Å². The van der Waals surface area contributed by atoms with E-state index in [1.807, 2.05) is 44.7 Å². The van der Waals surface area contributed by atoms with Crippen LogP contribution in [0, 0.1) is 11.8 Å². The van der Waals surface area contributed by atoms with Gasteiger partial charge in [0.15, 0.2) is 0 Å². The van der Waals surface area contributed by atoms with Gasteiger partial charge >= 0.3 is 12.1 Å². The van der Waals surface area contributed by atoms with Gasteiger partial charge in [-0.25, -0.2) is 9.59 Å². The Bertz CT molecular complexity index is 944. The largest absolute Gasteiger partial charge is 0.459 e. The number of carbonyl (C=O) groups is 3. The van der Waals surface area contributed by atoms with Crippen molar-refractivity contribution in [2.24, 2.45) is 11.8 Å². The summed E-state index contributed by atoms with van der Waals surface area (Å²) in [6.07, 6.45) is 12.4. The van der Waals surface area contributed by atoms with Gasteiger partial charge in [-0.05, 0) is 88.8 Å². The minimum atomic E-state index is -2.22. The number of ketones is 1. The smallest absolute Gasteiger partial charge is 0.410 e. The Morgan fingerprint density at radius 3 is 2.14 bits per heavy atom. The maximum absolute atomic E-state index is 13.6. The normalized spacial score (nSPS) is 25.5. The summed E-state index contributed by atoms with van der Waals surface area (Å²) >= 11 is 0. The lowest BCUT2D eigenvalue weighted by Crippen LogP contribution is -2.62. The molecule has 0 aromatic heterocycles. The Hall–Kier alpha value is -1.93. The first kappa shape index (κ1) is 36.3. The van der Waals surface area contributed by atoms with E-state index >= 15 is 0 Å². The Kier molecular flexibility index (Phi) is 13.5. The quantitative estimate of drug-likeness (QED) is 0.126. The van der Waals surface area contributed by atoms with Crippen LogP contribution in [0.5, 0.6) is 0 Å². The van der Waals surface area contributed by atoms with E-state index in [2.05, 4.69) is 53.7 Å². The lowest BCUT2D eigenvalue weighted by atomic mass is 9.69. The number of Topliss-reactive ketones (excluding diaryl/α,β-unsaturated/α-hetero) is 1. The number of amides is 1. The first-order chi connectivity index (χ1) is 19.5. The summed E-state index contributed by atoms with van der Waals surface area (Å²) in [5.74, 6) is 0.232. The standard InChI is InChI=1S/C34H59NO6Si/c1-23(2)42(24(3)4,25(5)6)39-22-32(37)40-31-21-29-28(18-15-13-12-14-17-26(7)36)19-16-20-30(29)35(27(31)8)33(38)41-34(9,10)11/h12-13,15,18,23-25,27-31H,14,16-17,19-22H2,1-11H3/b13-12+,18-15+/t27-,28+,29-,30+,31-/m0/s1. The van der Waals surface area contributed by atoms with Gasteiger partial charge in [0.25, 0.3) is 0 Å². The molecule has 2 rings (SSSR count). The molecule has 7 nitrogen and oxygen atoms in total. The van der Waals surface area contributed by atoms with Gasteiger partial charge in [0.2, 0.25) is 8.32 Å². The lowest BCUT2D eigenvalue weighted by Gasteiger charge is -2.52. The molecule has 240 valence electrons. The molecule has 5 atom stereocenters. The van der Waals surface area contributed by atoms with E-state index in [-0.39, 0.29) is 48.4 Å². The summed E-state index contributed by atoms with van der Waals surface area (Å²) in [7, 11) is -2.22. The second-order valence-corrected chi connectivity index (χ2v) is 19.8. The average molecular weight is 606 g/mol. The van der Waals surface area contributed by atoms with Crippen LogP contribution in [0.15, 0.2) is 24.3 Å². The number of fused-ring (bicyclic) bond motifs is 1. The van der Waals surface area contributed by atoms with Gasteiger partial charge in [0.05, 0.1) is 6.04 Å². The summed E-state index contributed by atoms with van der Waals surface area (Å²) < 4.78 is 18.6. The molecule has 2 aliphatic rings. The maximum Gasteiger partial charge on any atom is 0.410 e. The van der Waals surface area contributed by atoms with E-state index in [1.165, 1.54) is 0 Å². The topological polar surface area (TPSA) is 82.1 Å². The minimum Gasteiger partial charge on any atom is -0.459 e. The number of nitrogens with zero attached hydrogens (tertiary/aromatic N) is 1. The predicted octanol–water partition coefficient (Wildman–Crippen LogP) is 8.39. The van der Waals surface area contributed by atoms with Gasteiger partial charge < -0.3 is 18.7 Å². The highest BCUT2D eigenvalue weighted by Gasteiger charge is 2.50. The highest BCUT2D eigenvalue weighted by atomic mass is 28.4. The summed E-state index contributed by atoms with van der Waals surface area (Å²) in [4.78, 5) is 40.0. The number of carbonyl (C=O) groups excluding carboxylic acids is 3. The van der Waals surface area contributed by atoms with Crippen LogP contribution in [-0.2, 0) is 23.5 Å². The number of ether oxygens (including phenoxy) is 2. The molecule has 8 heteroatoms. The zero-order chi connectivity index (χ0) is 31.8. The molecular weight excluding hydrogens is 546 g/mol. The van der Waals surface area contributed by atoms with Crippen molar-refractivity contribution in [2.75, 3.05) is 6.61 Å². The molecule has 0 N–H and O–H groups in total. The third kappa shape index (κ3) is 9.53. The second-order valence-electron chi connectivity index (χ2n) is 14.4. The van der Waals surface area contributed by atoms with Gasteiger partial charge in [0, 0.05) is 12.5 Å². The van der Waals surface area contributed by atoms with Crippen LogP contribution in [0.1, 0.15) is 115 Å². The third-order valence-electron chi connectivity index (χ3n) is 9.22. The van der Waals surface area contributed by atoms with Crippen molar-refractivity contribution in [1.82, 2.24) is 4.90 Å². The predicted molar refractivity (Wildman–Crippen MR) is 172 cm³/mol. The Morgan fingerprint density at radius 2 is 1.60 bits per heavy atom. The van der Waals surface area contributed by atoms with Crippen molar-refractivity contribution in [2.45, 2.75) is 155 Å². The van der Waals surface area contributed by atoms with Crippen molar-refractivity contribution < 1.29 is 28.3 Å². The summed E-state index contributed by atoms with van der Waals surface area (Å²) in [5, 5.41) is 0. The van der Waals surface area contributed by atoms with Gasteiger partial charge in [-0.3, -0.25) is 4.90 Å². The van der Waals surface area contributed by atoms with Crippen LogP contribution in [0.4, 0.5) is 4.79 Å². The number of likely N-dealkylation sites (tertiary alicyclic amines) is 1. The Labute approximate surface area is 256 Å². The van der Waals surface area contributed by atoms with Crippen molar-refractivity contribution in [3.05, 3.63) is 24.3 Å². The molecule has 1 amide bonds. The van der Waals surface area contributed by atoms with Crippen LogP contribution >= 0.6 is 0 Å². The molecule has 0 aromatic rings. The molecule has 0 bridgehead atoms. The fourth-order valence-corrected chi connectivity index (χ4v) is 12.8. The monoisotopic (exact) mass is 605 g/mol. The average Bonchev–Trinajstić information content (AvgIpc) is 2.85.